The van der Waals surface area contributed by atoms with Crippen LogP contribution in [0.4, 0.5) is 19.2 Å². The Morgan fingerprint density at radius 1 is 0.662 bits per heavy atom. The lowest BCUT2D eigenvalue weighted by atomic mass is 10.0. The summed E-state index contributed by atoms with van der Waals surface area (Å²) in [5, 5.41) is 15.8. The van der Waals surface area contributed by atoms with E-state index in [1.54, 1.807) is 22.4 Å². The summed E-state index contributed by atoms with van der Waals surface area (Å²) in [7, 11) is -12.5. The van der Waals surface area contributed by atoms with Gasteiger partial charge in [0.1, 0.15) is 34.4 Å². The molecule has 9 saturated heterocycles. The van der Waals surface area contributed by atoms with Gasteiger partial charge in [-0.3, -0.25) is 42.5 Å². The number of nitrogens with one attached hydrogen (secondary N) is 4. The molecule has 41 heteroatoms. The molecule has 9 fully saturated rings. The normalized spacial score (nSPS) is 27.8. The third-order valence-electron chi connectivity index (χ3n) is 14.0. The first-order chi connectivity index (χ1) is 37.6. The standard InChI is InChI=1S/C12H20N4O3.C10H15N3O7S.C9H16N4O7S.C8H10N4O5S2/c1-15-8-2-3-10(16(7-8)12(15)18)11(17)14-19-9-4-5-13-6-9;1-6(14)4-11-9(15)8-3-2-7-5-12(8)10(16)13(7)20-21(17,18)19;10-3-4-19-11-8(14)7-2-1-6-5-12(7)9(15)13(6)20-21(16,17)18;13-8-11-3-5(12(8)17-19(14,15)16)1-2-6(11)7-10-9-4-18-7/h8-10,13H,2-7H2,1H3,(H,14,17);7-8H,2-5H2,1H3,(H,11,15)(H,17,18,19);6-7H,1-5,10H2,(H,11,14)(H,16,17,18);4-6H,1-3H2,(H,14,15,16). The third-order valence-corrected chi connectivity index (χ3v) is 15.8. The molecule has 8 bridgehead atoms. The number of Topliss-reactive ketones (excluding diaryl/α,β-unsaturated/α-hetero) is 1. The molecule has 80 heavy (non-hydrogen) atoms. The first-order valence-electron chi connectivity index (χ1n) is 24.8. The molecular weight excluding hydrogens is 1160 g/mol. The Hall–Kier alpha value is -5.83. The number of hydrogen-bond donors (Lipinski definition) is 8. The summed E-state index contributed by atoms with van der Waals surface area (Å²) in [5.41, 5.74) is 11.5. The minimum Gasteiger partial charge on any atom is -0.347 e. The smallest absolute Gasteiger partial charge is 0.347 e. The van der Waals surface area contributed by atoms with Crippen molar-refractivity contribution in [1.29, 1.82) is 0 Å². The van der Waals surface area contributed by atoms with Crippen LogP contribution < -0.4 is 27.3 Å². The number of carbonyl (C=O) groups excluding carboxylic acids is 8. The number of aromatic nitrogens is 2. The van der Waals surface area contributed by atoms with E-state index in [-0.39, 0.29) is 80.8 Å². The maximum atomic E-state index is 12.1. The topological polar surface area (TPSA) is 472 Å². The zero-order valence-corrected chi connectivity index (χ0v) is 46.0. The van der Waals surface area contributed by atoms with Crippen LogP contribution in [0.15, 0.2) is 5.51 Å². The molecule has 0 radical (unpaired) electrons. The number of hydrogen-bond acceptors (Lipinski definition) is 24. The molecule has 0 aromatic carbocycles. The Morgan fingerprint density at radius 2 is 1.12 bits per heavy atom. The van der Waals surface area contributed by atoms with Gasteiger partial charge in [0.15, 0.2) is 0 Å². The van der Waals surface area contributed by atoms with Gasteiger partial charge in [0.25, 0.3) is 11.8 Å². The minimum absolute atomic E-state index is 0.0391. The number of hydroxylamine groups is 8. The van der Waals surface area contributed by atoms with E-state index in [1.165, 1.54) is 28.1 Å². The molecule has 0 saturated carbocycles. The fourth-order valence-corrected chi connectivity index (χ4v) is 12.1. The summed E-state index contributed by atoms with van der Waals surface area (Å²) in [6.07, 6.45) is 5.07. The lowest BCUT2D eigenvalue weighted by Gasteiger charge is -2.29. The maximum Gasteiger partial charge on any atom is 0.418 e. The van der Waals surface area contributed by atoms with Gasteiger partial charge in [-0.25, -0.2) is 30.1 Å². The minimum atomic E-state index is -4.81. The summed E-state index contributed by atoms with van der Waals surface area (Å²) < 4.78 is 103. The van der Waals surface area contributed by atoms with E-state index in [1.807, 2.05) is 0 Å². The number of urea groups is 4. The SMILES string of the molecule is CC(=O)CNC(=O)C1CCC2CN1C(=O)N2OS(=O)(=O)O.CN1C(=O)N2CC1CCC2C(=O)NOC1CCNC1.NCCONC(=O)C1CCC2CN1C(=O)N2OS(=O)(=O)O.O=C1N2CC(CCC2c2nncs2)N1OS(=O)(=O)O. The molecule has 9 atom stereocenters. The van der Waals surface area contributed by atoms with Crippen LogP contribution in [-0.4, -0.2) is 251 Å². The number of piperidine rings is 4. The zero-order chi connectivity index (χ0) is 58.4. The van der Waals surface area contributed by atoms with Crippen LogP contribution in [0.1, 0.15) is 75.8 Å². The van der Waals surface area contributed by atoms with Crippen molar-refractivity contribution >= 4 is 90.2 Å². The monoisotopic (exact) mass is 1220 g/mol. The van der Waals surface area contributed by atoms with Crippen LogP contribution in [0.3, 0.4) is 0 Å². The summed E-state index contributed by atoms with van der Waals surface area (Å²) in [5.74, 6) is -1.43. The van der Waals surface area contributed by atoms with Crippen molar-refractivity contribution in [2.45, 2.75) is 119 Å². The van der Waals surface area contributed by atoms with Gasteiger partial charge in [0, 0.05) is 46.3 Å². The fourth-order valence-electron chi connectivity index (χ4n) is 10.3. The molecule has 10 rings (SSSR count). The van der Waals surface area contributed by atoms with Gasteiger partial charge in [-0.2, -0.15) is 40.4 Å². The summed E-state index contributed by atoms with van der Waals surface area (Å²) in [6, 6.07) is -5.61. The Morgan fingerprint density at radius 3 is 1.60 bits per heavy atom. The number of rotatable bonds is 17. The van der Waals surface area contributed by atoms with E-state index in [0.717, 1.165) is 35.9 Å². The van der Waals surface area contributed by atoms with Gasteiger partial charge in [0.2, 0.25) is 5.91 Å². The molecule has 9 unspecified atom stereocenters. The highest BCUT2D eigenvalue weighted by Crippen LogP contribution is 2.39. The van der Waals surface area contributed by atoms with Gasteiger partial charge in [-0.1, -0.05) is 0 Å². The Kier molecular flexibility index (Phi) is 20.0. The summed E-state index contributed by atoms with van der Waals surface area (Å²) >= 11 is 1.34. The molecule has 1 aromatic rings. The average Bonchev–Trinajstić information content (AvgIpc) is 4.29. The molecule has 0 spiro atoms. The Bertz CT molecular complexity index is 2820. The second-order valence-corrected chi connectivity index (χ2v) is 23.2. The van der Waals surface area contributed by atoms with E-state index < -0.39 is 85.3 Å². The van der Waals surface area contributed by atoms with Gasteiger partial charge < -0.3 is 40.9 Å². The Labute approximate surface area is 461 Å². The van der Waals surface area contributed by atoms with E-state index >= 15 is 0 Å². The summed E-state index contributed by atoms with van der Waals surface area (Å²) in [6.45, 7) is 4.47. The molecule has 10 heterocycles. The quantitative estimate of drug-likeness (QED) is 0.0421. The van der Waals surface area contributed by atoms with Crippen molar-refractivity contribution in [3.05, 3.63) is 10.5 Å². The molecule has 37 nitrogen and oxygen atoms in total. The number of likely N-dealkylation sites (N-methyl/N-ethyl adjacent to an activating group) is 1. The van der Waals surface area contributed by atoms with E-state index in [0.29, 0.717) is 73.2 Å². The summed E-state index contributed by atoms with van der Waals surface area (Å²) in [4.78, 5) is 112. The highest BCUT2D eigenvalue weighted by atomic mass is 32.3. The molecule has 9 aliphatic heterocycles. The van der Waals surface area contributed by atoms with Crippen molar-refractivity contribution in [3.8, 4) is 0 Å². The predicted octanol–water partition coefficient (Wildman–Crippen LogP) is -3.80. The number of carbonyl (C=O) groups is 8. The van der Waals surface area contributed by atoms with Crippen molar-refractivity contribution in [3.63, 3.8) is 0 Å². The van der Waals surface area contributed by atoms with E-state index in [2.05, 4.69) is 44.6 Å². The number of nitrogens with two attached hydrogens (primary N) is 1. The molecule has 11 amide bonds. The van der Waals surface area contributed by atoms with Crippen molar-refractivity contribution < 1.29 is 99.8 Å². The van der Waals surface area contributed by atoms with Gasteiger partial charge >= 0.3 is 55.3 Å². The van der Waals surface area contributed by atoms with Crippen LogP contribution in [0.2, 0.25) is 0 Å². The second-order valence-electron chi connectivity index (χ2n) is 19.3. The van der Waals surface area contributed by atoms with Crippen molar-refractivity contribution in [2.75, 3.05) is 66.0 Å². The maximum absolute atomic E-state index is 12.1. The fraction of sp³-hybridized carbons (Fsp3) is 0.744. The van der Waals surface area contributed by atoms with Gasteiger partial charge in [0.05, 0.1) is 49.5 Å². The lowest BCUT2D eigenvalue weighted by Crippen LogP contribution is -2.50. The second kappa shape index (κ2) is 26.0. The number of amides is 11. The van der Waals surface area contributed by atoms with Crippen LogP contribution in [0.25, 0.3) is 0 Å². The molecule has 1 aromatic heterocycles. The first-order valence-corrected chi connectivity index (χ1v) is 29.8. The van der Waals surface area contributed by atoms with Gasteiger partial charge in [-0.15, -0.1) is 34.4 Å². The number of nitrogens with zero attached hydrogens (tertiary/aromatic N) is 10. The first kappa shape index (κ1) is 61.8. The molecular formula is C39H61N15O22S4. The van der Waals surface area contributed by atoms with Crippen LogP contribution in [0, 0.1) is 0 Å². The average molecular weight is 1220 g/mol. The molecule has 9 N–H and O–H groups in total. The number of fused-ring (bicyclic) bond motifs is 8. The predicted molar refractivity (Wildman–Crippen MR) is 263 cm³/mol. The molecule has 9 aliphatic rings. The van der Waals surface area contributed by atoms with Crippen molar-refractivity contribution in [2.24, 2.45) is 5.73 Å². The largest absolute Gasteiger partial charge is 0.418 e. The lowest BCUT2D eigenvalue weighted by molar-refractivity contribution is -0.142. The highest BCUT2D eigenvalue weighted by Gasteiger charge is 2.52. The van der Waals surface area contributed by atoms with Crippen LogP contribution in [0.5, 0.6) is 0 Å². The number of ketones is 1. The van der Waals surface area contributed by atoms with Crippen molar-refractivity contribution in [1.82, 2.24) is 71.5 Å². The van der Waals surface area contributed by atoms with Gasteiger partial charge in [-0.05, 0) is 71.3 Å². The molecule has 448 valence electrons. The zero-order valence-electron chi connectivity index (χ0n) is 42.8. The van der Waals surface area contributed by atoms with E-state index in [9.17, 15) is 63.6 Å². The molecule has 0 aliphatic carbocycles. The third kappa shape index (κ3) is 15.4. The Balaban J connectivity index is 0.000000154. The van der Waals surface area contributed by atoms with E-state index in [4.69, 9.17) is 29.1 Å². The van der Waals surface area contributed by atoms with Crippen LogP contribution >= 0.6 is 11.3 Å². The highest BCUT2D eigenvalue weighted by molar-refractivity contribution is 7.81. The van der Waals surface area contributed by atoms with Crippen LogP contribution in [-0.2, 0) is 72.9 Å².